The van der Waals surface area contributed by atoms with Gasteiger partial charge in [0.15, 0.2) is 0 Å². The molecule has 0 spiro atoms. The molecular weight excluding hydrogens is 434 g/mol. The Labute approximate surface area is 201 Å². The highest BCUT2D eigenvalue weighted by Gasteiger charge is 2.32. The average molecular weight is 470 g/mol. The molecule has 3 rings (SSSR count). The lowest BCUT2D eigenvalue weighted by molar-refractivity contribution is -0.0482. The monoisotopic (exact) mass is 469 g/mol. The summed E-state index contributed by atoms with van der Waals surface area (Å²) in [6, 6.07) is 18.6. The molecule has 8 nitrogen and oxygen atoms in total. The number of aliphatic hydroxyl groups is 1. The summed E-state index contributed by atoms with van der Waals surface area (Å²) >= 11 is 0. The maximum absolute atomic E-state index is 12.5. The second-order valence-corrected chi connectivity index (χ2v) is 9.42. The Hall–Kier alpha value is -3.10. The Morgan fingerprint density at radius 1 is 0.941 bits per heavy atom. The molecule has 34 heavy (non-hydrogen) atoms. The summed E-state index contributed by atoms with van der Waals surface area (Å²) < 4.78 is 10.8. The molecule has 1 heterocycles. The van der Waals surface area contributed by atoms with E-state index in [0.717, 1.165) is 11.1 Å². The molecule has 2 N–H and O–H groups in total. The van der Waals surface area contributed by atoms with Gasteiger partial charge >= 0.3 is 12.2 Å². The van der Waals surface area contributed by atoms with Crippen molar-refractivity contribution in [3.63, 3.8) is 0 Å². The van der Waals surface area contributed by atoms with E-state index in [-0.39, 0.29) is 12.7 Å². The molecule has 0 aliphatic carbocycles. The fourth-order valence-corrected chi connectivity index (χ4v) is 3.79. The normalized spacial score (nSPS) is 16.4. The third-order valence-corrected chi connectivity index (χ3v) is 5.51. The van der Waals surface area contributed by atoms with Gasteiger partial charge in [-0.05, 0) is 38.3 Å². The molecule has 0 bridgehead atoms. The lowest BCUT2D eigenvalue weighted by Gasteiger charge is -2.39. The van der Waals surface area contributed by atoms with Crippen LogP contribution in [0.2, 0.25) is 0 Å². The van der Waals surface area contributed by atoms with Gasteiger partial charge in [0.1, 0.15) is 18.4 Å². The third kappa shape index (κ3) is 8.04. The Kier molecular flexibility index (Phi) is 8.90. The number of nitrogens with zero attached hydrogens (tertiary/aromatic N) is 2. The van der Waals surface area contributed by atoms with E-state index < -0.39 is 24.0 Å². The lowest BCUT2D eigenvalue weighted by atomic mass is 10.0. The Balaban J connectivity index is 1.56. The first-order valence-corrected chi connectivity index (χ1v) is 11.6. The second-order valence-electron chi connectivity index (χ2n) is 9.42. The van der Waals surface area contributed by atoms with Gasteiger partial charge in [0, 0.05) is 26.2 Å². The first kappa shape index (κ1) is 25.5. The van der Waals surface area contributed by atoms with Gasteiger partial charge in [-0.15, -0.1) is 0 Å². The van der Waals surface area contributed by atoms with E-state index in [9.17, 15) is 14.7 Å². The highest BCUT2D eigenvalue weighted by molar-refractivity contribution is 5.68. The summed E-state index contributed by atoms with van der Waals surface area (Å²) in [6.45, 7) is 7.39. The molecule has 1 fully saturated rings. The van der Waals surface area contributed by atoms with E-state index in [1.165, 1.54) is 0 Å². The highest BCUT2D eigenvalue weighted by Crippen LogP contribution is 2.15. The molecule has 0 radical (unpaired) electrons. The van der Waals surface area contributed by atoms with Crippen molar-refractivity contribution in [2.75, 3.05) is 26.2 Å². The minimum atomic E-state index is -0.935. The van der Waals surface area contributed by atoms with Gasteiger partial charge in [-0.3, -0.25) is 4.90 Å². The molecule has 1 aliphatic heterocycles. The molecule has 0 saturated carbocycles. The molecule has 1 aliphatic rings. The number of rotatable bonds is 7. The molecule has 1 saturated heterocycles. The maximum atomic E-state index is 12.5. The fourth-order valence-electron chi connectivity index (χ4n) is 3.79. The predicted molar refractivity (Wildman–Crippen MR) is 129 cm³/mol. The van der Waals surface area contributed by atoms with Crippen LogP contribution in [0.15, 0.2) is 60.7 Å². The number of amides is 2. The molecule has 2 aromatic rings. The van der Waals surface area contributed by atoms with Crippen molar-refractivity contribution in [3.8, 4) is 0 Å². The van der Waals surface area contributed by atoms with Gasteiger partial charge < -0.3 is 24.8 Å². The van der Waals surface area contributed by atoms with Crippen LogP contribution in [0, 0.1) is 0 Å². The molecule has 2 atom stereocenters. The number of alkyl carbamates (subject to hydrolysis) is 1. The summed E-state index contributed by atoms with van der Waals surface area (Å²) in [5.74, 6) is 0. The number of benzene rings is 2. The van der Waals surface area contributed by atoms with Crippen molar-refractivity contribution in [3.05, 3.63) is 71.8 Å². The zero-order valence-corrected chi connectivity index (χ0v) is 20.1. The summed E-state index contributed by atoms with van der Waals surface area (Å²) in [5, 5.41) is 14.0. The van der Waals surface area contributed by atoms with Crippen molar-refractivity contribution in [2.24, 2.45) is 0 Å². The quantitative estimate of drug-likeness (QED) is 0.646. The first-order chi connectivity index (χ1) is 16.2. The largest absolute Gasteiger partial charge is 0.445 e. The SMILES string of the molecule is CC(C)(C)OC(=O)NC(Cc1ccccc1)C(O)N1CCN(C(=O)OCc2ccccc2)CC1. The number of carbonyl (C=O) groups excluding carboxylic acids is 2. The maximum Gasteiger partial charge on any atom is 0.410 e. The van der Waals surface area contributed by atoms with Gasteiger partial charge in [-0.2, -0.15) is 0 Å². The van der Waals surface area contributed by atoms with Crippen LogP contribution in [0.1, 0.15) is 31.9 Å². The zero-order chi connectivity index (χ0) is 24.6. The lowest BCUT2D eigenvalue weighted by Crippen LogP contribution is -2.59. The van der Waals surface area contributed by atoms with Crippen LogP contribution in [0.5, 0.6) is 0 Å². The number of nitrogens with one attached hydrogen (secondary N) is 1. The molecule has 2 amide bonds. The van der Waals surface area contributed by atoms with Crippen molar-refractivity contribution in [1.82, 2.24) is 15.1 Å². The summed E-state index contributed by atoms with van der Waals surface area (Å²) in [4.78, 5) is 28.4. The third-order valence-electron chi connectivity index (χ3n) is 5.51. The number of aliphatic hydroxyl groups excluding tert-OH is 1. The predicted octanol–water partition coefficient (Wildman–Crippen LogP) is 3.40. The number of piperazine rings is 1. The molecule has 2 unspecified atom stereocenters. The van der Waals surface area contributed by atoms with Crippen LogP contribution in [0.3, 0.4) is 0 Å². The number of hydrogen-bond acceptors (Lipinski definition) is 6. The van der Waals surface area contributed by atoms with Crippen LogP contribution in [0.25, 0.3) is 0 Å². The van der Waals surface area contributed by atoms with Crippen LogP contribution < -0.4 is 5.32 Å². The molecule has 184 valence electrons. The van der Waals surface area contributed by atoms with Crippen LogP contribution in [-0.2, 0) is 22.5 Å². The smallest absolute Gasteiger partial charge is 0.410 e. The van der Waals surface area contributed by atoms with Crippen LogP contribution in [0.4, 0.5) is 9.59 Å². The van der Waals surface area contributed by atoms with E-state index in [1.54, 1.807) is 25.7 Å². The van der Waals surface area contributed by atoms with Crippen LogP contribution >= 0.6 is 0 Å². The zero-order valence-electron chi connectivity index (χ0n) is 20.1. The minimum Gasteiger partial charge on any atom is -0.445 e. The fraction of sp³-hybridized carbons (Fsp3) is 0.462. The summed E-state index contributed by atoms with van der Waals surface area (Å²) in [5.41, 5.74) is 1.28. The molecule has 2 aromatic carbocycles. The standard InChI is InChI=1S/C26H35N3O5/c1-26(2,3)34-24(31)27-22(18-20-10-6-4-7-11-20)23(30)28-14-16-29(17-15-28)25(32)33-19-21-12-8-5-9-13-21/h4-13,22-23,30H,14-19H2,1-3H3,(H,27,31). The molecule has 0 aromatic heterocycles. The van der Waals surface area contributed by atoms with Gasteiger partial charge in [0.2, 0.25) is 0 Å². The molecule has 8 heteroatoms. The minimum absolute atomic E-state index is 0.224. The molecular formula is C26H35N3O5. The van der Waals surface area contributed by atoms with E-state index in [0.29, 0.717) is 32.6 Å². The topological polar surface area (TPSA) is 91.3 Å². The van der Waals surface area contributed by atoms with E-state index in [1.807, 2.05) is 65.6 Å². The van der Waals surface area contributed by atoms with Gasteiger partial charge in [-0.1, -0.05) is 60.7 Å². The van der Waals surface area contributed by atoms with E-state index >= 15 is 0 Å². The number of carbonyl (C=O) groups is 2. The Morgan fingerprint density at radius 3 is 2.06 bits per heavy atom. The highest BCUT2D eigenvalue weighted by atomic mass is 16.6. The van der Waals surface area contributed by atoms with E-state index in [2.05, 4.69) is 5.32 Å². The number of ether oxygens (including phenoxy) is 2. The van der Waals surface area contributed by atoms with Crippen molar-refractivity contribution in [1.29, 1.82) is 0 Å². The van der Waals surface area contributed by atoms with E-state index in [4.69, 9.17) is 9.47 Å². The van der Waals surface area contributed by atoms with Crippen LogP contribution in [-0.4, -0.2) is 71.1 Å². The second kappa shape index (κ2) is 11.9. The average Bonchev–Trinajstić information content (AvgIpc) is 2.82. The Morgan fingerprint density at radius 2 is 1.50 bits per heavy atom. The summed E-state index contributed by atoms with van der Waals surface area (Å²) in [7, 11) is 0. The van der Waals surface area contributed by atoms with Gasteiger partial charge in [-0.25, -0.2) is 9.59 Å². The first-order valence-electron chi connectivity index (χ1n) is 11.6. The van der Waals surface area contributed by atoms with Gasteiger partial charge in [0.25, 0.3) is 0 Å². The summed E-state index contributed by atoms with van der Waals surface area (Å²) in [6.07, 6.45) is -1.43. The Bertz CT molecular complexity index is 909. The number of hydrogen-bond donors (Lipinski definition) is 2. The van der Waals surface area contributed by atoms with Crippen molar-refractivity contribution < 1.29 is 24.2 Å². The van der Waals surface area contributed by atoms with Crippen molar-refractivity contribution >= 4 is 12.2 Å². The van der Waals surface area contributed by atoms with Crippen molar-refractivity contribution in [2.45, 2.75) is 51.7 Å². The van der Waals surface area contributed by atoms with Gasteiger partial charge in [0.05, 0.1) is 6.04 Å².